The van der Waals surface area contributed by atoms with E-state index in [2.05, 4.69) is 0 Å². The van der Waals surface area contributed by atoms with E-state index in [9.17, 15) is 22.0 Å². The molecule has 2 rings (SSSR count). The zero-order valence-corrected chi connectivity index (χ0v) is 9.40. The fraction of sp³-hybridized carbons (Fsp3) is 0.500. The van der Waals surface area contributed by atoms with E-state index in [1.165, 1.54) is 0 Å². The third kappa shape index (κ3) is 2.34. The van der Waals surface area contributed by atoms with Crippen LogP contribution in [0.1, 0.15) is 30.9 Å². The second-order valence-electron chi connectivity index (χ2n) is 4.65. The van der Waals surface area contributed by atoms with Gasteiger partial charge in [0.15, 0.2) is 17.5 Å². The Morgan fingerprint density at radius 3 is 2.39 bits per heavy atom. The summed E-state index contributed by atoms with van der Waals surface area (Å²) in [6, 6.07) is 0.712. The standard InChI is InChI=1S/C12H12F5N/c13-8-2-1-7(9(14)10(8)15)11(18)6-3-4-12(16,17)5-6/h1-2,6,11H,3-5,18H2. The lowest BCUT2D eigenvalue weighted by Gasteiger charge is -2.20. The third-order valence-corrected chi connectivity index (χ3v) is 3.37. The first-order valence-electron chi connectivity index (χ1n) is 5.58. The van der Waals surface area contributed by atoms with Gasteiger partial charge in [0.1, 0.15) is 0 Å². The van der Waals surface area contributed by atoms with Gasteiger partial charge in [0.2, 0.25) is 5.92 Å². The Labute approximate surface area is 101 Å². The summed E-state index contributed by atoms with van der Waals surface area (Å²) in [7, 11) is 0. The molecule has 1 aromatic rings. The predicted molar refractivity (Wildman–Crippen MR) is 55.5 cm³/mol. The monoisotopic (exact) mass is 265 g/mol. The van der Waals surface area contributed by atoms with Crippen LogP contribution in [-0.2, 0) is 0 Å². The van der Waals surface area contributed by atoms with Crippen LogP contribution in [0, 0.1) is 23.4 Å². The molecule has 0 spiro atoms. The van der Waals surface area contributed by atoms with Gasteiger partial charge in [-0.2, -0.15) is 0 Å². The quantitative estimate of drug-likeness (QED) is 0.642. The highest BCUT2D eigenvalue weighted by Crippen LogP contribution is 2.44. The summed E-state index contributed by atoms with van der Waals surface area (Å²) >= 11 is 0. The van der Waals surface area contributed by atoms with E-state index < -0.39 is 41.8 Å². The number of benzene rings is 1. The Hall–Kier alpha value is -1.17. The van der Waals surface area contributed by atoms with Crippen molar-refractivity contribution in [1.82, 2.24) is 0 Å². The molecule has 18 heavy (non-hydrogen) atoms. The molecule has 6 heteroatoms. The number of hydrogen-bond donors (Lipinski definition) is 1. The van der Waals surface area contributed by atoms with E-state index in [4.69, 9.17) is 5.73 Å². The molecule has 2 atom stereocenters. The maximum absolute atomic E-state index is 13.5. The van der Waals surface area contributed by atoms with E-state index in [0.29, 0.717) is 0 Å². The fourth-order valence-corrected chi connectivity index (χ4v) is 2.34. The lowest BCUT2D eigenvalue weighted by molar-refractivity contribution is 0.00384. The Kier molecular flexibility index (Phi) is 3.31. The van der Waals surface area contributed by atoms with Crippen molar-refractivity contribution in [1.29, 1.82) is 0 Å². The average Bonchev–Trinajstić information content (AvgIpc) is 2.66. The van der Waals surface area contributed by atoms with Gasteiger partial charge in [0.05, 0.1) is 0 Å². The van der Waals surface area contributed by atoms with Gasteiger partial charge in [-0.25, -0.2) is 22.0 Å². The molecule has 1 fully saturated rings. The lowest BCUT2D eigenvalue weighted by Crippen LogP contribution is -2.23. The van der Waals surface area contributed by atoms with Crippen LogP contribution in [0.5, 0.6) is 0 Å². The summed E-state index contributed by atoms with van der Waals surface area (Å²) in [5.41, 5.74) is 5.43. The van der Waals surface area contributed by atoms with Crippen LogP contribution < -0.4 is 5.73 Å². The predicted octanol–water partition coefficient (Wildman–Crippen LogP) is 3.54. The molecule has 1 aliphatic carbocycles. The first-order chi connectivity index (χ1) is 8.32. The minimum absolute atomic E-state index is 0.145. The number of rotatable bonds is 2. The number of hydrogen-bond acceptors (Lipinski definition) is 1. The van der Waals surface area contributed by atoms with E-state index in [1.54, 1.807) is 0 Å². The SMILES string of the molecule is NC(c1ccc(F)c(F)c1F)C1CCC(F)(F)C1. The molecule has 0 amide bonds. The van der Waals surface area contributed by atoms with Crippen molar-refractivity contribution < 1.29 is 22.0 Å². The molecule has 0 aromatic heterocycles. The highest BCUT2D eigenvalue weighted by atomic mass is 19.3. The van der Waals surface area contributed by atoms with Crippen molar-refractivity contribution in [2.75, 3.05) is 0 Å². The van der Waals surface area contributed by atoms with E-state index >= 15 is 0 Å². The summed E-state index contributed by atoms with van der Waals surface area (Å²) in [6.45, 7) is 0. The normalized spacial score (nSPS) is 24.2. The van der Waals surface area contributed by atoms with E-state index in [0.717, 1.165) is 12.1 Å². The van der Waals surface area contributed by atoms with Gasteiger partial charge in [0, 0.05) is 24.4 Å². The first-order valence-corrected chi connectivity index (χ1v) is 5.58. The Bertz CT molecular complexity index is 460. The summed E-state index contributed by atoms with van der Waals surface area (Å²) in [4.78, 5) is 0. The minimum Gasteiger partial charge on any atom is -0.324 e. The molecule has 2 unspecified atom stereocenters. The Morgan fingerprint density at radius 1 is 1.17 bits per heavy atom. The number of alkyl halides is 2. The molecule has 2 N–H and O–H groups in total. The molecule has 0 heterocycles. The molecule has 1 aliphatic rings. The minimum atomic E-state index is -2.81. The summed E-state index contributed by atoms with van der Waals surface area (Å²) < 4.78 is 65.3. The van der Waals surface area contributed by atoms with Gasteiger partial charge < -0.3 is 5.73 Å². The van der Waals surface area contributed by atoms with Crippen molar-refractivity contribution in [3.63, 3.8) is 0 Å². The molecule has 100 valence electrons. The van der Waals surface area contributed by atoms with Crippen molar-refractivity contribution in [3.05, 3.63) is 35.1 Å². The largest absolute Gasteiger partial charge is 0.324 e. The maximum Gasteiger partial charge on any atom is 0.248 e. The van der Waals surface area contributed by atoms with Crippen LogP contribution in [0.25, 0.3) is 0 Å². The highest BCUT2D eigenvalue weighted by Gasteiger charge is 2.42. The lowest BCUT2D eigenvalue weighted by atomic mass is 9.92. The summed E-state index contributed by atoms with van der Waals surface area (Å²) in [5.74, 6) is -7.76. The van der Waals surface area contributed by atoms with Crippen molar-refractivity contribution in [2.24, 2.45) is 11.7 Å². The smallest absolute Gasteiger partial charge is 0.248 e. The van der Waals surface area contributed by atoms with Crippen LogP contribution in [0.15, 0.2) is 12.1 Å². The third-order valence-electron chi connectivity index (χ3n) is 3.37. The molecular weight excluding hydrogens is 253 g/mol. The van der Waals surface area contributed by atoms with Gasteiger partial charge in [-0.05, 0) is 18.4 Å². The molecule has 0 aliphatic heterocycles. The average molecular weight is 265 g/mol. The molecule has 1 nitrogen and oxygen atoms in total. The zero-order chi connectivity index (χ0) is 13.5. The topological polar surface area (TPSA) is 26.0 Å². The van der Waals surface area contributed by atoms with Crippen LogP contribution >= 0.6 is 0 Å². The second-order valence-corrected chi connectivity index (χ2v) is 4.65. The van der Waals surface area contributed by atoms with Gasteiger partial charge in [0.25, 0.3) is 0 Å². The molecule has 1 saturated carbocycles. The zero-order valence-electron chi connectivity index (χ0n) is 9.40. The van der Waals surface area contributed by atoms with Crippen molar-refractivity contribution >= 4 is 0 Å². The summed E-state index contributed by atoms with van der Waals surface area (Å²) in [5, 5.41) is 0. The first kappa shape index (κ1) is 13.3. The maximum atomic E-state index is 13.5. The van der Waals surface area contributed by atoms with Crippen LogP contribution in [0.4, 0.5) is 22.0 Å². The van der Waals surface area contributed by atoms with Crippen molar-refractivity contribution in [3.8, 4) is 0 Å². The molecule has 1 aromatic carbocycles. The molecule has 0 bridgehead atoms. The Balaban J connectivity index is 2.25. The highest BCUT2D eigenvalue weighted by molar-refractivity contribution is 5.24. The molecular formula is C12H12F5N. The molecule has 0 saturated heterocycles. The Morgan fingerprint density at radius 2 is 1.83 bits per heavy atom. The number of halogens is 5. The molecule has 0 radical (unpaired) electrons. The number of nitrogens with two attached hydrogens (primary N) is 1. The van der Waals surface area contributed by atoms with E-state index in [1.807, 2.05) is 0 Å². The van der Waals surface area contributed by atoms with Gasteiger partial charge in [-0.3, -0.25) is 0 Å². The van der Waals surface area contributed by atoms with E-state index in [-0.39, 0.29) is 18.4 Å². The second kappa shape index (κ2) is 4.50. The fourth-order valence-electron chi connectivity index (χ4n) is 2.34. The van der Waals surface area contributed by atoms with Gasteiger partial charge >= 0.3 is 0 Å². The van der Waals surface area contributed by atoms with Gasteiger partial charge in [-0.15, -0.1) is 0 Å². The van der Waals surface area contributed by atoms with Crippen molar-refractivity contribution in [2.45, 2.75) is 31.2 Å². The van der Waals surface area contributed by atoms with Gasteiger partial charge in [-0.1, -0.05) is 6.07 Å². The van der Waals surface area contributed by atoms with Crippen LogP contribution in [0.2, 0.25) is 0 Å². The summed E-state index contributed by atoms with van der Waals surface area (Å²) in [6.07, 6.45) is -0.615. The van der Waals surface area contributed by atoms with Crippen LogP contribution in [0.3, 0.4) is 0 Å². The van der Waals surface area contributed by atoms with Crippen LogP contribution in [-0.4, -0.2) is 5.92 Å².